The second-order valence-corrected chi connectivity index (χ2v) is 6.87. The Morgan fingerprint density at radius 2 is 1.45 bits per heavy atom. The van der Waals surface area contributed by atoms with Gasteiger partial charge in [-0.25, -0.2) is 9.48 Å². The highest BCUT2D eigenvalue weighted by Crippen LogP contribution is 2.25. The van der Waals surface area contributed by atoms with Crippen LogP contribution in [-0.2, 0) is 4.84 Å². The predicted molar refractivity (Wildman–Crippen MR) is 111 cm³/mol. The number of carbonyl (C=O) groups is 3. The zero-order valence-electron chi connectivity index (χ0n) is 16.1. The van der Waals surface area contributed by atoms with Crippen molar-refractivity contribution in [2.45, 2.75) is 0 Å². The lowest BCUT2D eigenvalue weighted by Crippen LogP contribution is -2.32. The first-order valence-electron chi connectivity index (χ1n) is 9.53. The molecule has 1 aromatic heterocycles. The average Bonchev–Trinajstić information content (AvgIpc) is 3.40. The molecule has 2 amide bonds. The van der Waals surface area contributed by atoms with E-state index < -0.39 is 17.8 Å². The quantitative estimate of drug-likeness (QED) is 0.478. The minimum absolute atomic E-state index is 0.184. The molecular formula is C24H15N3O4. The van der Waals surface area contributed by atoms with E-state index in [9.17, 15) is 14.4 Å². The molecule has 4 aromatic rings. The summed E-state index contributed by atoms with van der Waals surface area (Å²) < 4.78 is 1.70. The van der Waals surface area contributed by atoms with Crippen LogP contribution >= 0.6 is 0 Å². The van der Waals surface area contributed by atoms with Crippen LogP contribution in [0.5, 0.6) is 0 Å². The molecule has 7 heteroatoms. The van der Waals surface area contributed by atoms with Crippen molar-refractivity contribution in [2.24, 2.45) is 0 Å². The summed E-state index contributed by atoms with van der Waals surface area (Å²) >= 11 is 0. The van der Waals surface area contributed by atoms with Gasteiger partial charge in [-0.2, -0.15) is 5.10 Å². The topological polar surface area (TPSA) is 81.5 Å². The van der Waals surface area contributed by atoms with Crippen molar-refractivity contribution in [1.29, 1.82) is 0 Å². The number of aromatic nitrogens is 2. The molecule has 0 saturated heterocycles. The molecule has 0 aliphatic carbocycles. The van der Waals surface area contributed by atoms with Crippen molar-refractivity contribution < 1.29 is 19.2 Å². The summed E-state index contributed by atoms with van der Waals surface area (Å²) in [5.74, 6) is -2.14. The van der Waals surface area contributed by atoms with Gasteiger partial charge in [-0.1, -0.05) is 53.6 Å². The molecule has 0 saturated carbocycles. The van der Waals surface area contributed by atoms with Gasteiger partial charge in [-0.05, 0) is 36.4 Å². The van der Waals surface area contributed by atoms with Crippen molar-refractivity contribution in [2.75, 3.05) is 0 Å². The minimum atomic E-state index is -0.815. The highest BCUT2D eigenvalue weighted by Gasteiger charge is 2.38. The van der Waals surface area contributed by atoms with E-state index in [-0.39, 0.29) is 16.7 Å². The lowest BCUT2D eigenvalue weighted by molar-refractivity contribution is -0.0584. The predicted octanol–water partition coefficient (Wildman–Crippen LogP) is 3.91. The van der Waals surface area contributed by atoms with Gasteiger partial charge >= 0.3 is 5.97 Å². The molecule has 31 heavy (non-hydrogen) atoms. The lowest BCUT2D eigenvalue weighted by atomic mass is 10.1. The number of rotatable bonds is 4. The van der Waals surface area contributed by atoms with Crippen molar-refractivity contribution in [3.8, 4) is 16.9 Å². The molecule has 7 nitrogen and oxygen atoms in total. The number of hydrogen-bond donors (Lipinski definition) is 0. The zero-order chi connectivity index (χ0) is 21.4. The Kier molecular flexibility index (Phi) is 4.41. The SMILES string of the molecule is O=C(ON1C(=O)c2ccccc2C1=O)c1cccc(-n2nccc2-c2ccccc2)c1. The monoisotopic (exact) mass is 409 g/mol. The first-order chi connectivity index (χ1) is 15.1. The summed E-state index contributed by atoms with van der Waals surface area (Å²) in [4.78, 5) is 42.8. The number of amides is 2. The van der Waals surface area contributed by atoms with Crippen molar-refractivity contribution in [1.82, 2.24) is 14.8 Å². The van der Waals surface area contributed by atoms with Crippen molar-refractivity contribution >= 4 is 17.8 Å². The third-order valence-electron chi connectivity index (χ3n) is 4.97. The van der Waals surface area contributed by atoms with Crippen LogP contribution in [0.1, 0.15) is 31.1 Å². The highest BCUT2D eigenvalue weighted by atomic mass is 16.7. The molecule has 5 rings (SSSR count). The van der Waals surface area contributed by atoms with Crippen LogP contribution in [0.25, 0.3) is 16.9 Å². The van der Waals surface area contributed by atoms with Crippen LogP contribution in [0.2, 0.25) is 0 Å². The fraction of sp³-hybridized carbons (Fsp3) is 0. The van der Waals surface area contributed by atoms with E-state index in [1.165, 1.54) is 12.1 Å². The Bertz CT molecular complexity index is 1290. The Hall–Kier alpha value is -4.52. The van der Waals surface area contributed by atoms with Crippen LogP contribution < -0.4 is 0 Å². The number of hydrogen-bond acceptors (Lipinski definition) is 5. The van der Waals surface area contributed by atoms with E-state index >= 15 is 0 Å². The summed E-state index contributed by atoms with van der Waals surface area (Å²) in [6.45, 7) is 0. The second kappa shape index (κ2) is 7.38. The molecular weight excluding hydrogens is 394 g/mol. The Morgan fingerprint density at radius 1 is 0.774 bits per heavy atom. The molecule has 0 bridgehead atoms. The van der Waals surface area contributed by atoms with E-state index in [2.05, 4.69) is 5.10 Å². The lowest BCUT2D eigenvalue weighted by Gasteiger charge is -2.13. The standard InChI is InChI=1S/C24H15N3O4/c28-22-19-11-4-5-12-20(19)23(29)27(22)31-24(30)17-9-6-10-18(15-17)26-21(13-14-25-26)16-7-2-1-3-8-16/h1-15H. The minimum Gasteiger partial charge on any atom is -0.324 e. The van der Waals surface area contributed by atoms with Gasteiger partial charge in [-0.3, -0.25) is 9.59 Å². The highest BCUT2D eigenvalue weighted by molar-refractivity contribution is 6.21. The van der Waals surface area contributed by atoms with Crippen LogP contribution in [-0.4, -0.2) is 32.6 Å². The van der Waals surface area contributed by atoms with Gasteiger partial charge in [0.05, 0.1) is 34.3 Å². The molecule has 0 N–H and O–H groups in total. The first-order valence-corrected chi connectivity index (χ1v) is 9.53. The molecule has 1 aliphatic rings. The number of nitrogens with zero attached hydrogens (tertiary/aromatic N) is 3. The van der Waals surface area contributed by atoms with Crippen LogP contribution in [0.4, 0.5) is 0 Å². The van der Waals surface area contributed by atoms with Crippen LogP contribution in [0, 0.1) is 0 Å². The summed E-state index contributed by atoms with van der Waals surface area (Å²) in [6.07, 6.45) is 1.67. The molecule has 150 valence electrons. The zero-order valence-corrected chi connectivity index (χ0v) is 16.1. The van der Waals surface area contributed by atoms with Crippen LogP contribution in [0.3, 0.4) is 0 Å². The molecule has 3 aromatic carbocycles. The third-order valence-corrected chi connectivity index (χ3v) is 4.97. The number of benzene rings is 3. The molecule has 2 heterocycles. The summed E-state index contributed by atoms with van der Waals surface area (Å²) in [5.41, 5.74) is 3.06. The fourth-order valence-electron chi connectivity index (χ4n) is 3.49. The molecule has 0 unspecified atom stereocenters. The number of carbonyl (C=O) groups excluding carboxylic acids is 3. The normalized spacial score (nSPS) is 12.7. The van der Waals surface area contributed by atoms with Crippen molar-refractivity contribution in [3.63, 3.8) is 0 Å². The summed E-state index contributed by atoms with van der Waals surface area (Å²) in [7, 11) is 0. The van der Waals surface area contributed by atoms with Gasteiger partial charge in [0.2, 0.25) is 0 Å². The largest absolute Gasteiger partial charge is 0.364 e. The molecule has 0 fully saturated rings. The second-order valence-electron chi connectivity index (χ2n) is 6.87. The first kappa shape index (κ1) is 18.5. The maximum atomic E-state index is 12.7. The maximum Gasteiger partial charge on any atom is 0.364 e. The molecule has 0 atom stereocenters. The van der Waals surface area contributed by atoms with E-state index in [0.717, 1.165) is 11.3 Å². The smallest absolute Gasteiger partial charge is 0.324 e. The van der Waals surface area contributed by atoms with Gasteiger partial charge < -0.3 is 4.84 Å². The fourth-order valence-corrected chi connectivity index (χ4v) is 3.49. The van der Waals surface area contributed by atoms with Gasteiger partial charge in [0.15, 0.2) is 0 Å². The Labute approximate surface area is 177 Å². The molecule has 0 radical (unpaired) electrons. The summed E-state index contributed by atoms with van der Waals surface area (Å²) in [6, 6.07) is 24.6. The van der Waals surface area contributed by atoms with E-state index in [0.29, 0.717) is 10.8 Å². The Balaban J connectivity index is 1.42. The van der Waals surface area contributed by atoms with Gasteiger partial charge in [0.25, 0.3) is 11.8 Å². The van der Waals surface area contributed by atoms with Gasteiger partial charge in [0, 0.05) is 5.56 Å². The van der Waals surface area contributed by atoms with E-state index in [1.54, 1.807) is 47.3 Å². The summed E-state index contributed by atoms with van der Waals surface area (Å²) in [5, 5.41) is 4.87. The van der Waals surface area contributed by atoms with E-state index in [4.69, 9.17) is 4.84 Å². The third kappa shape index (κ3) is 3.18. The Morgan fingerprint density at radius 3 is 2.16 bits per heavy atom. The number of hydroxylamine groups is 2. The van der Waals surface area contributed by atoms with Crippen molar-refractivity contribution in [3.05, 3.63) is 108 Å². The number of fused-ring (bicyclic) bond motifs is 1. The maximum absolute atomic E-state index is 12.7. The van der Waals surface area contributed by atoms with Crippen LogP contribution in [0.15, 0.2) is 91.1 Å². The molecule has 0 spiro atoms. The van der Waals surface area contributed by atoms with Gasteiger partial charge in [-0.15, -0.1) is 0 Å². The molecule has 1 aliphatic heterocycles. The van der Waals surface area contributed by atoms with Gasteiger partial charge in [0.1, 0.15) is 0 Å². The average molecular weight is 409 g/mol. The van der Waals surface area contributed by atoms with E-state index in [1.807, 2.05) is 36.4 Å². The number of imide groups is 1.